The van der Waals surface area contributed by atoms with Gasteiger partial charge in [0.15, 0.2) is 6.29 Å². The molecule has 0 amide bonds. The normalized spacial score (nSPS) is 26.4. The molecule has 0 fully saturated rings. The van der Waals surface area contributed by atoms with E-state index in [2.05, 4.69) is 0 Å². The predicted molar refractivity (Wildman–Crippen MR) is 46.4 cm³/mol. The maximum Gasteiger partial charge on any atom is 0.151 e. The smallest absolute Gasteiger partial charge is 0.151 e. The molecule has 1 unspecified atom stereocenters. The first kappa shape index (κ1) is 10.0. The van der Waals surface area contributed by atoms with Crippen LogP contribution in [0.5, 0.6) is 0 Å². The summed E-state index contributed by atoms with van der Waals surface area (Å²) in [5.41, 5.74) is -2.57. The van der Waals surface area contributed by atoms with Crippen molar-refractivity contribution >= 4 is 6.29 Å². The van der Waals surface area contributed by atoms with Gasteiger partial charge in [0, 0.05) is 2.74 Å². The highest BCUT2D eigenvalue weighted by atomic mass is 16.4. The molecule has 5 N–H and O–H groups in total. The first-order valence-electron chi connectivity index (χ1n) is 5.25. The monoisotopic (exact) mass is 210 g/mol. The van der Waals surface area contributed by atoms with E-state index in [1.165, 1.54) is 0 Å². The first-order valence-corrected chi connectivity index (χ1v) is 3.83. The molecular formula is C8H16O6. The zero-order valence-electron chi connectivity index (χ0n) is 9.45. The van der Waals surface area contributed by atoms with E-state index in [4.69, 9.17) is 13.0 Å². The largest absolute Gasteiger partial charge is 0.391 e. The summed E-state index contributed by atoms with van der Waals surface area (Å²) in [7, 11) is 0. The summed E-state index contributed by atoms with van der Waals surface area (Å²) >= 11 is 0. The summed E-state index contributed by atoms with van der Waals surface area (Å²) in [5, 5.41) is 46.6. The summed E-state index contributed by atoms with van der Waals surface area (Å²) < 4.78 is 13.8. The molecule has 14 heavy (non-hydrogen) atoms. The van der Waals surface area contributed by atoms with Gasteiger partial charge in [0.25, 0.3) is 0 Å². The molecule has 0 saturated heterocycles. The van der Waals surface area contributed by atoms with E-state index in [-0.39, 0.29) is 6.29 Å². The van der Waals surface area contributed by atoms with Crippen LogP contribution in [0.15, 0.2) is 0 Å². The fourth-order valence-corrected chi connectivity index (χ4v) is 0.878. The second-order valence-electron chi connectivity index (χ2n) is 3.07. The minimum atomic E-state index is -2.57. The van der Waals surface area contributed by atoms with Gasteiger partial charge in [-0.1, -0.05) is 0 Å². The number of carbonyl (C=O) groups is 1. The van der Waals surface area contributed by atoms with E-state index in [0.29, 0.717) is 0 Å². The van der Waals surface area contributed by atoms with E-state index in [0.717, 1.165) is 0 Å². The number of aliphatic hydroxyl groups excluding tert-OH is 4. The molecular weight excluding hydrogens is 192 g/mol. The maximum atomic E-state index is 10.2. The number of hydrogen-bond acceptors (Lipinski definition) is 6. The van der Waals surface area contributed by atoms with Crippen LogP contribution >= 0.6 is 0 Å². The standard InChI is InChI=1S/C8H16O6/c1-4(10)6(12)8(2,14)7(13)5(11)3-9/h3-7,10-14H,1-2H3/t4?,5-,6+,7+,8-/m0/s1/i1D,2D. The van der Waals surface area contributed by atoms with Crippen molar-refractivity contribution < 1.29 is 33.1 Å². The van der Waals surface area contributed by atoms with Crippen LogP contribution in [0, 0.1) is 0 Å². The zero-order chi connectivity index (χ0) is 12.9. The molecule has 6 nitrogen and oxygen atoms in total. The Morgan fingerprint density at radius 2 is 1.86 bits per heavy atom. The van der Waals surface area contributed by atoms with Gasteiger partial charge >= 0.3 is 0 Å². The van der Waals surface area contributed by atoms with Crippen molar-refractivity contribution in [3.05, 3.63) is 0 Å². The van der Waals surface area contributed by atoms with Crippen molar-refractivity contribution in [1.29, 1.82) is 0 Å². The van der Waals surface area contributed by atoms with Crippen LogP contribution in [0.4, 0.5) is 0 Å². The molecule has 0 aromatic carbocycles. The first-order chi connectivity index (χ1) is 7.34. The molecule has 0 spiro atoms. The molecule has 0 bridgehead atoms. The topological polar surface area (TPSA) is 118 Å². The Morgan fingerprint density at radius 3 is 2.21 bits per heavy atom. The molecule has 0 rings (SSSR count). The number of aliphatic hydroxyl groups is 5. The number of hydrogen-bond donors (Lipinski definition) is 5. The van der Waals surface area contributed by atoms with E-state index >= 15 is 0 Å². The fourth-order valence-electron chi connectivity index (χ4n) is 0.878. The Morgan fingerprint density at radius 1 is 1.29 bits per heavy atom. The SMILES string of the molecule is [2H]CC(O)[C@@H](O)[C@@](O)(C[2H])[C@H](O)[C@@H](O)C=O. The van der Waals surface area contributed by atoms with Crippen LogP contribution in [0.3, 0.4) is 0 Å². The Bertz CT molecular complexity index is 229. The van der Waals surface area contributed by atoms with Gasteiger partial charge in [-0.25, -0.2) is 0 Å². The van der Waals surface area contributed by atoms with Crippen LogP contribution in [-0.2, 0) is 4.79 Å². The third kappa shape index (κ3) is 2.73. The lowest BCUT2D eigenvalue weighted by molar-refractivity contribution is -0.187. The van der Waals surface area contributed by atoms with Crippen LogP contribution in [-0.4, -0.2) is 61.8 Å². The summed E-state index contributed by atoms with van der Waals surface area (Å²) in [5.74, 6) is 0. The molecule has 0 radical (unpaired) electrons. The van der Waals surface area contributed by atoms with Gasteiger partial charge in [-0.2, -0.15) is 0 Å². The van der Waals surface area contributed by atoms with E-state index in [9.17, 15) is 20.1 Å². The molecule has 0 saturated carbocycles. The zero-order valence-corrected chi connectivity index (χ0v) is 7.45. The molecule has 5 atom stereocenters. The molecule has 84 valence electrons. The minimum Gasteiger partial charge on any atom is -0.391 e. The van der Waals surface area contributed by atoms with Gasteiger partial charge in [-0.15, -0.1) is 0 Å². The third-order valence-electron chi connectivity index (χ3n) is 1.85. The van der Waals surface area contributed by atoms with Crippen LogP contribution in [0.25, 0.3) is 0 Å². The molecule has 0 aliphatic rings. The maximum absolute atomic E-state index is 10.2. The van der Waals surface area contributed by atoms with E-state index < -0.39 is 43.8 Å². The highest BCUT2D eigenvalue weighted by molar-refractivity contribution is 5.57. The quantitative estimate of drug-likeness (QED) is 0.317. The van der Waals surface area contributed by atoms with E-state index in [1.54, 1.807) is 0 Å². The molecule has 0 aliphatic heterocycles. The highest BCUT2D eigenvalue weighted by Crippen LogP contribution is 2.20. The van der Waals surface area contributed by atoms with Gasteiger partial charge < -0.3 is 30.3 Å². The summed E-state index contributed by atoms with van der Waals surface area (Å²) in [4.78, 5) is 10.2. The predicted octanol–water partition coefficient (Wildman–Crippen LogP) is -2.60. The minimum absolute atomic E-state index is 0.0644. The van der Waals surface area contributed by atoms with Crippen LogP contribution < -0.4 is 0 Å². The van der Waals surface area contributed by atoms with Gasteiger partial charge in [0.05, 0.1) is 6.10 Å². The Labute approximate surface area is 84.2 Å². The van der Waals surface area contributed by atoms with Crippen molar-refractivity contribution in [2.45, 2.75) is 43.8 Å². The lowest BCUT2D eigenvalue weighted by atomic mass is 9.87. The molecule has 0 aromatic rings. The van der Waals surface area contributed by atoms with E-state index in [1.807, 2.05) is 0 Å². The molecule has 0 aromatic heterocycles. The average Bonchev–Trinajstić information content (AvgIpc) is 2.33. The summed E-state index contributed by atoms with van der Waals surface area (Å²) in [6.07, 6.45) is -7.86. The lowest BCUT2D eigenvalue weighted by Gasteiger charge is -2.35. The second-order valence-corrected chi connectivity index (χ2v) is 3.07. The highest BCUT2D eigenvalue weighted by Gasteiger charge is 2.43. The second kappa shape index (κ2) is 4.81. The summed E-state index contributed by atoms with van der Waals surface area (Å²) in [6.45, 7) is -1.61. The Kier molecular flexibility index (Phi) is 3.44. The lowest BCUT2D eigenvalue weighted by Crippen LogP contribution is -2.58. The average molecular weight is 210 g/mol. The molecule has 0 heterocycles. The summed E-state index contributed by atoms with van der Waals surface area (Å²) in [6, 6.07) is 0. The molecule has 6 heteroatoms. The number of rotatable bonds is 5. The van der Waals surface area contributed by atoms with Crippen molar-refractivity contribution in [3.8, 4) is 0 Å². The van der Waals surface area contributed by atoms with Gasteiger partial charge in [-0.05, 0) is 13.8 Å². The van der Waals surface area contributed by atoms with Crippen molar-refractivity contribution in [2.75, 3.05) is 0 Å². The fraction of sp³-hybridized carbons (Fsp3) is 0.875. The van der Waals surface area contributed by atoms with Crippen molar-refractivity contribution in [1.82, 2.24) is 0 Å². The van der Waals surface area contributed by atoms with Gasteiger partial charge in [-0.3, -0.25) is 0 Å². The van der Waals surface area contributed by atoms with Crippen molar-refractivity contribution in [3.63, 3.8) is 0 Å². The van der Waals surface area contributed by atoms with Gasteiger partial charge in [0.1, 0.15) is 23.9 Å². The van der Waals surface area contributed by atoms with Crippen LogP contribution in [0.1, 0.15) is 16.5 Å². The number of carbonyl (C=O) groups excluding carboxylic acids is 1. The Hall–Kier alpha value is -0.530. The molecule has 0 aliphatic carbocycles. The third-order valence-corrected chi connectivity index (χ3v) is 1.85. The van der Waals surface area contributed by atoms with Gasteiger partial charge in [0.2, 0.25) is 0 Å². The van der Waals surface area contributed by atoms with Crippen LogP contribution in [0.2, 0.25) is 0 Å². The Balaban J connectivity index is 4.95. The number of aldehydes is 1. The van der Waals surface area contributed by atoms with Crippen molar-refractivity contribution in [2.24, 2.45) is 0 Å².